The van der Waals surface area contributed by atoms with Gasteiger partial charge in [0, 0.05) is 38.6 Å². The van der Waals surface area contributed by atoms with Crippen LogP contribution in [0.3, 0.4) is 0 Å². The van der Waals surface area contributed by atoms with Crippen molar-refractivity contribution in [1.82, 2.24) is 5.32 Å². The van der Waals surface area contributed by atoms with E-state index in [9.17, 15) is 14.9 Å². The second-order valence-corrected chi connectivity index (χ2v) is 4.05. The summed E-state index contributed by atoms with van der Waals surface area (Å²) in [5.74, 6) is -0.496. The van der Waals surface area contributed by atoms with Crippen molar-refractivity contribution in [2.45, 2.75) is 6.10 Å². The number of rotatable bonds is 7. The summed E-state index contributed by atoms with van der Waals surface area (Å²) < 4.78 is 10.0. The molecule has 1 aromatic rings. The lowest BCUT2D eigenvalue weighted by Gasteiger charge is -2.15. The number of nitro benzene ring substituents is 1. The Morgan fingerprint density at radius 3 is 2.75 bits per heavy atom. The smallest absolute Gasteiger partial charge is 0.270 e. The molecule has 3 N–H and O–H groups in total. The zero-order chi connectivity index (χ0) is 15.1. The van der Waals surface area contributed by atoms with Crippen molar-refractivity contribution < 1.29 is 19.2 Å². The van der Waals surface area contributed by atoms with Crippen molar-refractivity contribution in [3.8, 4) is 0 Å². The first-order valence-corrected chi connectivity index (χ1v) is 5.83. The van der Waals surface area contributed by atoms with Crippen molar-refractivity contribution in [2.75, 3.05) is 33.1 Å². The lowest BCUT2D eigenvalue weighted by molar-refractivity contribution is -0.384. The Morgan fingerprint density at radius 2 is 2.20 bits per heavy atom. The third-order valence-electron chi connectivity index (χ3n) is 2.67. The molecule has 0 saturated heterocycles. The lowest BCUT2D eigenvalue weighted by atomic mass is 10.1. The largest absolute Gasteiger partial charge is 0.398 e. The van der Waals surface area contributed by atoms with E-state index in [1.54, 1.807) is 0 Å². The number of hydrogen-bond acceptors (Lipinski definition) is 6. The fourth-order valence-electron chi connectivity index (χ4n) is 1.55. The fourth-order valence-corrected chi connectivity index (χ4v) is 1.55. The van der Waals surface area contributed by atoms with E-state index in [4.69, 9.17) is 15.2 Å². The molecule has 1 aromatic carbocycles. The summed E-state index contributed by atoms with van der Waals surface area (Å²) in [7, 11) is 3.02. The Morgan fingerprint density at radius 1 is 1.50 bits per heavy atom. The predicted octanol–water partition coefficient (Wildman–Crippen LogP) is 0.568. The SMILES string of the molecule is COCC(CNC(=O)c1cc([N+](=O)[O-])ccc1N)OC. The molecule has 20 heavy (non-hydrogen) atoms. The molecule has 0 aliphatic rings. The number of ether oxygens (including phenoxy) is 2. The van der Waals surface area contributed by atoms with E-state index in [1.165, 1.54) is 26.4 Å². The number of anilines is 1. The van der Waals surface area contributed by atoms with Crippen LogP contribution in [0.2, 0.25) is 0 Å². The Balaban J connectivity index is 2.76. The minimum atomic E-state index is -0.584. The van der Waals surface area contributed by atoms with Gasteiger partial charge >= 0.3 is 0 Å². The summed E-state index contributed by atoms with van der Waals surface area (Å²) in [6.45, 7) is 0.534. The summed E-state index contributed by atoms with van der Waals surface area (Å²) in [4.78, 5) is 22.1. The number of benzene rings is 1. The van der Waals surface area contributed by atoms with Crippen LogP contribution < -0.4 is 11.1 Å². The van der Waals surface area contributed by atoms with E-state index in [0.29, 0.717) is 6.61 Å². The molecule has 0 aromatic heterocycles. The molecular weight excluding hydrogens is 266 g/mol. The number of carbonyl (C=O) groups excluding carboxylic acids is 1. The fraction of sp³-hybridized carbons (Fsp3) is 0.417. The highest BCUT2D eigenvalue weighted by Crippen LogP contribution is 2.19. The van der Waals surface area contributed by atoms with E-state index < -0.39 is 10.8 Å². The number of amides is 1. The number of non-ortho nitro benzene ring substituents is 1. The van der Waals surface area contributed by atoms with E-state index in [-0.39, 0.29) is 29.6 Å². The minimum absolute atomic E-state index is 0.0615. The maximum Gasteiger partial charge on any atom is 0.270 e. The highest BCUT2D eigenvalue weighted by atomic mass is 16.6. The second kappa shape index (κ2) is 7.41. The highest BCUT2D eigenvalue weighted by molar-refractivity contribution is 5.99. The molecule has 0 spiro atoms. The zero-order valence-corrected chi connectivity index (χ0v) is 11.3. The number of carbonyl (C=O) groups is 1. The molecular formula is C12H17N3O5. The molecule has 8 nitrogen and oxygen atoms in total. The lowest BCUT2D eigenvalue weighted by Crippen LogP contribution is -2.35. The molecule has 0 saturated carbocycles. The average Bonchev–Trinajstić information content (AvgIpc) is 2.43. The van der Waals surface area contributed by atoms with Gasteiger partial charge in [-0.25, -0.2) is 0 Å². The van der Waals surface area contributed by atoms with E-state index in [0.717, 1.165) is 6.07 Å². The maximum absolute atomic E-state index is 12.0. The van der Waals surface area contributed by atoms with Crippen molar-refractivity contribution in [3.05, 3.63) is 33.9 Å². The number of hydrogen-bond donors (Lipinski definition) is 2. The summed E-state index contributed by atoms with van der Waals surface area (Å²) in [6, 6.07) is 3.72. The molecule has 0 radical (unpaired) electrons. The average molecular weight is 283 g/mol. The molecule has 0 bridgehead atoms. The first-order chi connectivity index (χ1) is 9.49. The molecule has 0 heterocycles. The van der Waals surface area contributed by atoms with Gasteiger partial charge in [0.1, 0.15) is 0 Å². The topological polar surface area (TPSA) is 117 Å². The Labute approximate surface area is 116 Å². The molecule has 1 atom stereocenters. The number of nitrogens with one attached hydrogen (secondary N) is 1. The van der Waals surface area contributed by atoms with Crippen LogP contribution in [0.4, 0.5) is 11.4 Å². The molecule has 110 valence electrons. The number of methoxy groups -OCH3 is 2. The normalized spacial score (nSPS) is 11.9. The highest BCUT2D eigenvalue weighted by Gasteiger charge is 2.16. The number of nitro groups is 1. The Bertz CT molecular complexity index is 492. The molecule has 1 amide bonds. The molecule has 8 heteroatoms. The van der Waals surface area contributed by atoms with Crippen molar-refractivity contribution in [1.29, 1.82) is 0 Å². The van der Waals surface area contributed by atoms with Crippen molar-refractivity contribution >= 4 is 17.3 Å². The number of nitrogens with zero attached hydrogens (tertiary/aromatic N) is 1. The van der Waals surface area contributed by atoms with Crippen LogP contribution in [0.15, 0.2) is 18.2 Å². The van der Waals surface area contributed by atoms with Crippen LogP contribution in [-0.2, 0) is 9.47 Å². The van der Waals surface area contributed by atoms with Crippen LogP contribution in [0, 0.1) is 10.1 Å². The third-order valence-corrected chi connectivity index (χ3v) is 2.67. The molecule has 0 aliphatic heterocycles. The minimum Gasteiger partial charge on any atom is -0.398 e. The summed E-state index contributed by atoms with van der Waals surface area (Å²) in [5, 5.41) is 13.3. The summed E-state index contributed by atoms with van der Waals surface area (Å²) in [6.07, 6.45) is -0.302. The van der Waals surface area contributed by atoms with E-state index in [2.05, 4.69) is 5.32 Å². The summed E-state index contributed by atoms with van der Waals surface area (Å²) >= 11 is 0. The van der Waals surface area contributed by atoms with Gasteiger partial charge < -0.3 is 20.5 Å². The summed E-state index contributed by atoms with van der Waals surface area (Å²) in [5.41, 5.74) is 5.69. The van der Waals surface area contributed by atoms with E-state index >= 15 is 0 Å². The van der Waals surface area contributed by atoms with Gasteiger partial charge in [0.2, 0.25) is 0 Å². The van der Waals surface area contributed by atoms with Gasteiger partial charge in [-0.3, -0.25) is 14.9 Å². The second-order valence-electron chi connectivity index (χ2n) is 4.05. The van der Waals surface area contributed by atoms with Crippen molar-refractivity contribution in [2.24, 2.45) is 0 Å². The van der Waals surface area contributed by atoms with Crippen LogP contribution in [0.1, 0.15) is 10.4 Å². The first-order valence-electron chi connectivity index (χ1n) is 5.83. The predicted molar refractivity (Wildman–Crippen MR) is 72.5 cm³/mol. The number of nitrogen functional groups attached to an aromatic ring is 1. The van der Waals surface area contributed by atoms with Gasteiger partial charge in [-0.15, -0.1) is 0 Å². The Kier molecular flexibility index (Phi) is 5.88. The van der Waals surface area contributed by atoms with Gasteiger partial charge in [0.15, 0.2) is 0 Å². The van der Waals surface area contributed by atoms with Crippen LogP contribution in [-0.4, -0.2) is 44.3 Å². The maximum atomic E-state index is 12.0. The molecule has 1 rings (SSSR count). The van der Waals surface area contributed by atoms with Crippen LogP contribution in [0.5, 0.6) is 0 Å². The third kappa shape index (κ3) is 4.18. The zero-order valence-electron chi connectivity index (χ0n) is 11.3. The van der Waals surface area contributed by atoms with E-state index in [1.807, 2.05) is 0 Å². The number of nitrogens with two attached hydrogens (primary N) is 1. The van der Waals surface area contributed by atoms with Crippen molar-refractivity contribution in [3.63, 3.8) is 0 Å². The Hall–Kier alpha value is -2.19. The molecule has 0 fully saturated rings. The van der Waals surface area contributed by atoms with Crippen LogP contribution >= 0.6 is 0 Å². The standard InChI is InChI=1S/C12H17N3O5/c1-19-7-9(20-2)6-14-12(16)10-5-8(15(17)18)3-4-11(10)13/h3-5,9H,6-7,13H2,1-2H3,(H,14,16). The van der Waals surface area contributed by atoms with Gasteiger partial charge in [-0.1, -0.05) is 0 Å². The molecule has 0 aliphatic carbocycles. The van der Waals surface area contributed by atoms with Gasteiger partial charge in [-0.2, -0.15) is 0 Å². The molecule has 1 unspecified atom stereocenters. The van der Waals surface area contributed by atoms with Crippen LogP contribution in [0.25, 0.3) is 0 Å². The quantitative estimate of drug-likeness (QED) is 0.429. The first kappa shape index (κ1) is 15.9. The van der Waals surface area contributed by atoms with Gasteiger partial charge in [0.25, 0.3) is 11.6 Å². The van der Waals surface area contributed by atoms with Gasteiger partial charge in [0.05, 0.1) is 23.2 Å². The monoisotopic (exact) mass is 283 g/mol. The van der Waals surface area contributed by atoms with Gasteiger partial charge in [-0.05, 0) is 6.07 Å².